The Morgan fingerprint density at radius 1 is 1.64 bits per heavy atom. The lowest BCUT2D eigenvalue weighted by atomic mass is 10.1. The predicted molar refractivity (Wildman–Crippen MR) is 57.4 cm³/mol. The second kappa shape index (κ2) is 4.87. The predicted octanol–water partition coefficient (Wildman–Crippen LogP) is 2.64. The highest BCUT2D eigenvalue weighted by Gasteiger charge is 2.13. The van der Waals surface area contributed by atoms with Gasteiger partial charge in [0.1, 0.15) is 5.82 Å². The number of hydrogen-bond acceptors (Lipinski definition) is 2. The van der Waals surface area contributed by atoms with Gasteiger partial charge >= 0.3 is 0 Å². The molecule has 0 heterocycles. The number of carbonyl (C=O) groups excluding carboxylic acids is 1. The molecule has 0 radical (unpaired) electrons. The summed E-state index contributed by atoms with van der Waals surface area (Å²) in [4.78, 5) is 11.4. The van der Waals surface area contributed by atoms with Gasteiger partial charge in [-0.2, -0.15) is 0 Å². The largest absolute Gasteiger partial charge is 0.313 e. The molecular weight excluding hydrogens is 272 g/mol. The van der Waals surface area contributed by atoms with E-state index in [9.17, 15) is 9.18 Å². The van der Waals surface area contributed by atoms with Gasteiger partial charge in [0.2, 0.25) is 0 Å². The molecule has 0 aromatic heterocycles. The highest BCUT2D eigenvalue weighted by atomic mass is 79.9. The maximum Gasteiger partial charge on any atom is 0.179 e. The highest BCUT2D eigenvalue weighted by molar-refractivity contribution is 9.10. The number of Topliss-reactive ketones (excluding diaryl/α,β-unsaturated/α-hetero) is 1. The quantitative estimate of drug-likeness (QED) is 0.681. The summed E-state index contributed by atoms with van der Waals surface area (Å²) in [5, 5.41) is 2.92. The average Bonchev–Trinajstić information content (AvgIpc) is 2.11. The molecule has 0 aliphatic heterocycles. The van der Waals surface area contributed by atoms with Crippen LogP contribution in [-0.2, 0) is 0 Å². The van der Waals surface area contributed by atoms with Crippen LogP contribution in [0.1, 0.15) is 10.4 Å². The summed E-state index contributed by atoms with van der Waals surface area (Å²) < 4.78 is 13.8. The standard InChI is InChI=1S/C9H8BrClFNO/c1-13-4-9(14)5-2-6(10)7(11)3-8(5)12/h2-3,13H,4H2,1H3. The molecule has 0 bridgehead atoms. The van der Waals surface area contributed by atoms with Crippen molar-refractivity contribution < 1.29 is 9.18 Å². The van der Waals surface area contributed by atoms with E-state index in [2.05, 4.69) is 21.2 Å². The number of rotatable bonds is 3. The van der Waals surface area contributed by atoms with Crippen molar-refractivity contribution in [2.45, 2.75) is 0 Å². The Morgan fingerprint density at radius 3 is 2.86 bits per heavy atom. The molecule has 0 aliphatic carbocycles. The lowest BCUT2D eigenvalue weighted by Crippen LogP contribution is -2.19. The third kappa shape index (κ3) is 2.53. The van der Waals surface area contributed by atoms with E-state index in [-0.39, 0.29) is 22.9 Å². The summed E-state index contributed by atoms with van der Waals surface area (Å²) in [6.45, 7) is 0.102. The van der Waals surface area contributed by atoms with Crippen LogP contribution in [0.3, 0.4) is 0 Å². The number of ketones is 1. The first-order valence-corrected chi connectivity index (χ1v) is 5.05. The Kier molecular flexibility index (Phi) is 4.04. The zero-order chi connectivity index (χ0) is 10.7. The molecule has 1 rings (SSSR count). The van der Waals surface area contributed by atoms with Gasteiger partial charge in [-0.1, -0.05) is 11.6 Å². The van der Waals surface area contributed by atoms with E-state index >= 15 is 0 Å². The second-order valence-corrected chi connectivity index (χ2v) is 3.96. The number of carbonyl (C=O) groups is 1. The van der Waals surface area contributed by atoms with Crippen LogP contribution in [-0.4, -0.2) is 19.4 Å². The average molecular weight is 281 g/mol. The summed E-state index contributed by atoms with van der Waals surface area (Å²) in [5.74, 6) is -0.902. The van der Waals surface area contributed by atoms with Crippen LogP contribution in [0, 0.1) is 5.82 Å². The zero-order valence-corrected chi connectivity index (χ0v) is 9.75. The number of nitrogens with one attached hydrogen (secondary N) is 1. The molecule has 0 fully saturated rings. The smallest absolute Gasteiger partial charge is 0.179 e. The number of halogens is 3. The fourth-order valence-electron chi connectivity index (χ4n) is 0.992. The Hall–Kier alpha value is -0.450. The number of likely N-dealkylation sites (N-methyl/N-ethyl adjacent to an activating group) is 1. The normalized spacial score (nSPS) is 10.3. The van der Waals surface area contributed by atoms with Gasteiger partial charge in [0, 0.05) is 4.47 Å². The highest BCUT2D eigenvalue weighted by Crippen LogP contribution is 2.25. The first kappa shape index (κ1) is 11.6. The van der Waals surface area contributed by atoms with Crippen LogP contribution < -0.4 is 5.32 Å². The molecule has 0 amide bonds. The second-order valence-electron chi connectivity index (χ2n) is 2.70. The minimum absolute atomic E-state index is 0.0376. The van der Waals surface area contributed by atoms with Crippen LogP contribution >= 0.6 is 27.5 Å². The molecule has 0 saturated carbocycles. The third-order valence-corrected chi connectivity index (χ3v) is 2.84. The molecule has 0 saturated heterocycles. The van der Waals surface area contributed by atoms with Crippen molar-refractivity contribution >= 4 is 33.3 Å². The van der Waals surface area contributed by atoms with E-state index < -0.39 is 5.82 Å². The Balaban J connectivity index is 3.09. The topological polar surface area (TPSA) is 29.1 Å². The molecule has 1 aromatic carbocycles. The molecule has 76 valence electrons. The maximum atomic E-state index is 13.3. The summed E-state index contributed by atoms with van der Waals surface area (Å²) in [6.07, 6.45) is 0. The fourth-order valence-corrected chi connectivity index (χ4v) is 1.49. The lowest BCUT2D eigenvalue weighted by Gasteiger charge is -2.04. The van der Waals surface area contributed by atoms with E-state index in [0.717, 1.165) is 6.07 Å². The SMILES string of the molecule is CNCC(=O)c1cc(Br)c(Cl)cc1F. The number of hydrogen-bond donors (Lipinski definition) is 1. The summed E-state index contributed by atoms with van der Waals surface area (Å²) in [7, 11) is 1.63. The van der Waals surface area contributed by atoms with E-state index in [0.29, 0.717) is 4.47 Å². The van der Waals surface area contributed by atoms with E-state index in [1.54, 1.807) is 7.05 Å². The van der Waals surface area contributed by atoms with Gasteiger partial charge in [0.25, 0.3) is 0 Å². The van der Waals surface area contributed by atoms with Crippen molar-refractivity contribution in [2.75, 3.05) is 13.6 Å². The van der Waals surface area contributed by atoms with Gasteiger partial charge in [0.05, 0.1) is 17.1 Å². The van der Waals surface area contributed by atoms with Gasteiger partial charge < -0.3 is 5.32 Å². The first-order chi connectivity index (χ1) is 6.56. The molecule has 1 N–H and O–H groups in total. The Morgan fingerprint density at radius 2 is 2.29 bits per heavy atom. The summed E-state index contributed by atoms with van der Waals surface area (Å²) in [6, 6.07) is 2.51. The van der Waals surface area contributed by atoms with Crippen LogP contribution in [0.25, 0.3) is 0 Å². The lowest BCUT2D eigenvalue weighted by molar-refractivity contribution is 0.0989. The summed E-state index contributed by atoms with van der Waals surface area (Å²) in [5.41, 5.74) is 0.0376. The van der Waals surface area contributed by atoms with Gasteiger partial charge in [-0.3, -0.25) is 4.79 Å². The van der Waals surface area contributed by atoms with Crippen LogP contribution in [0.5, 0.6) is 0 Å². The van der Waals surface area contributed by atoms with Crippen LogP contribution in [0.2, 0.25) is 5.02 Å². The molecule has 0 aliphatic rings. The van der Waals surface area contributed by atoms with Gasteiger partial charge in [-0.25, -0.2) is 4.39 Å². The summed E-state index contributed by atoms with van der Waals surface area (Å²) >= 11 is 8.78. The van der Waals surface area contributed by atoms with Crippen molar-refractivity contribution in [2.24, 2.45) is 0 Å². The Labute approximate surface area is 94.6 Å². The van der Waals surface area contributed by atoms with Gasteiger partial charge in [-0.05, 0) is 35.1 Å². The molecule has 14 heavy (non-hydrogen) atoms. The van der Waals surface area contributed by atoms with Crippen LogP contribution in [0.4, 0.5) is 4.39 Å². The van der Waals surface area contributed by atoms with Gasteiger partial charge in [-0.15, -0.1) is 0 Å². The van der Waals surface area contributed by atoms with Crippen molar-refractivity contribution in [3.8, 4) is 0 Å². The van der Waals surface area contributed by atoms with E-state index in [1.807, 2.05) is 0 Å². The number of benzene rings is 1. The minimum Gasteiger partial charge on any atom is -0.313 e. The van der Waals surface area contributed by atoms with Crippen molar-refractivity contribution in [1.29, 1.82) is 0 Å². The van der Waals surface area contributed by atoms with Gasteiger partial charge in [0.15, 0.2) is 5.78 Å². The monoisotopic (exact) mass is 279 g/mol. The fraction of sp³-hybridized carbons (Fsp3) is 0.222. The maximum absolute atomic E-state index is 13.3. The molecule has 5 heteroatoms. The van der Waals surface area contributed by atoms with Crippen molar-refractivity contribution in [3.63, 3.8) is 0 Å². The molecule has 0 spiro atoms. The molecule has 0 atom stereocenters. The third-order valence-electron chi connectivity index (χ3n) is 1.65. The van der Waals surface area contributed by atoms with E-state index in [1.165, 1.54) is 6.07 Å². The Bertz CT molecular complexity index is 370. The van der Waals surface area contributed by atoms with E-state index in [4.69, 9.17) is 11.6 Å². The molecular formula is C9H8BrClFNO. The first-order valence-electron chi connectivity index (χ1n) is 3.88. The van der Waals surface area contributed by atoms with Crippen LogP contribution in [0.15, 0.2) is 16.6 Å². The minimum atomic E-state index is -0.599. The molecule has 0 unspecified atom stereocenters. The molecule has 2 nitrogen and oxygen atoms in total. The van der Waals surface area contributed by atoms with Crippen molar-refractivity contribution in [1.82, 2.24) is 5.32 Å². The zero-order valence-electron chi connectivity index (χ0n) is 7.40. The molecule has 1 aromatic rings. The van der Waals surface area contributed by atoms with Crippen molar-refractivity contribution in [3.05, 3.63) is 33.0 Å².